The first-order chi connectivity index (χ1) is 10.0. The highest BCUT2D eigenvalue weighted by molar-refractivity contribution is 5.95. The van der Waals surface area contributed by atoms with E-state index in [0.29, 0.717) is 6.26 Å². The van der Waals surface area contributed by atoms with Crippen molar-refractivity contribution in [2.45, 2.75) is 32.5 Å². The van der Waals surface area contributed by atoms with Gasteiger partial charge in [-0.25, -0.2) is 4.79 Å². The van der Waals surface area contributed by atoms with Gasteiger partial charge in [0.15, 0.2) is 0 Å². The average Bonchev–Trinajstić information content (AvgIpc) is 2.81. The molecule has 0 bridgehead atoms. The Hall–Kier alpha value is -2.19. The zero-order chi connectivity index (χ0) is 17.0. The van der Waals surface area contributed by atoms with Gasteiger partial charge in [-0.15, -0.1) is 0 Å². The summed E-state index contributed by atoms with van der Waals surface area (Å²) in [6, 6.07) is 0. The molecule has 0 atom stereocenters. The molecule has 1 aromatic rings. The molecule has 124 valence electrons. The predicted octanol–water partition coefficient (Wildman–Crippen LogP) is 2.55. The molecule has 22 heavy (non-hydrogen) atoms. The predicted molar refractivity (Wildman–Crippen MR) is 70.3 cm³/mol. The largest absolute Gasteiger partial charge is 0.471 e. The van der Waals surface area contributed by atoms with Crippen LogP contribution in [-0.4, -0.2) is 30.7 Å². The Balaban J connectivity index is 2.42. The number of carbonyl (C=O) groups excluding carboxylic acids is 2. The number of alkyl halides is 3. The monoisotopic (exact) mass is 322 g/mol. The van der Waals surface area contributed by atoms with Crippen molar-refractivity contribution in [3.8, 4) is 0 Å². The Morgan fingerprint density at radius 2 is 1.73 bits per heavy atom. The molecule has 9 heteroatoms. The second-order valence-corrected chi connectivity index (χ2v) is 5.38. The smallest absolute Gasteiger partial charge is 0.420 e. The number of ether oxygens (including phenoxy) is 1. The molecular weight excluding hydrogens is 305 g/mol. The van der Waals surface area contributed by atoms with Crippen molar-refractivity contribution in [2.75, 3.05) is 13.1 Å². The van der Waals surface area contributed by atoms with Crippen LogP contribution in [0.3, 0.4) is 0 Å². The Morgan fingerprint density at radius 1 is 1.14 bits per heavy atom. The lowest BCUT2D eigenvalue weighted by Gasteiger charge is -2.19. The minimum absolute atomic E-state index is 0.0137. The van der Waals surface area contributed by atoms with E-state index in [1.165, 1.54) is 0 Å². The molecule has 0 radical (unpaired) electrons. The van der Waals surface area contributed by atoms with Crippen molar-refractivity contribution in [2.24, 2.45) is 0 Å². The molecule has 0 aliphatic heterocycles. The number of hydrogen-bond donors (Lipinski definition) is 2. The first-order valence-corrected chi connectivity index (χ1v) is 6.39. The van der Waals surface area contributed by atoms with Crippen LogP contribution in [0.4, 0.5) is 18.0 Å². The van der Waals surface area contributed by atoms with Gasteiger partial charge in [-0.1, -0.05) is 0 Å². The summed E-state index contributed by atoms with van der Waals surface area (Å²) in [6.45, 7) is 5.02. The molecule has 0 aliphatic carbocycles. The quantitative estimate of drug-likeness (QED) is 0.835. The van der Waals surface area contributed by atoms with E-state index in [9.17, 15) is 22.8 Å². The Kier molecular flexibility index (Phi) is 5.45. The second-order valence-electron chi connectivity index (χ2n) is 5.38. The van der Waals surface area contributed by atoms with Gasteiger partial charge in [-0.3, -0.25) is 4.79 Å². The molecule has 0 aromatic carbocycles. The molecule has 0 saturated heterocycles. The average molecular weight is 322 g/mol. The normalized spacial score (nSPS) is 11.9. The first kappa shape index (κ1) is 17.9. The van der Waals surface area contributed by atoms with E-state index >= 15 is 0 Å². The topological polar surface area (TPSA) is 80.6 Å². The lowest BCUT2D eigenvalue weighted by molar-refractivity contribution is -0.138. The molecule has 0 spiro atoms. The van der Waals surface area contributed by atoms with E-state index in [-0.39, 0.29) is 13.1 Å². The molecule has 2 amide bonds. The molecule has 1 rings (SSSR count). The van der Waals surface area contributed by atoms with E-state index in [2.05, 4.69) is 15.1 Å². The molecule has 1 heterocycles. The number of nitrogens with one attached hydrogen (secondary N) is 2. The van der Waals surface area contributed by atoms with Gasteiger partial charge in [-0.2, -0.15) is 13.2 Å². The zero-order valence-corrected chi connectivity index (χ0v) is 12.3. The first-order valence-electron chi connectivity index (χ1n) is 6.39. The van der Waals surface area contributed by atoms with E-state index in [4.69, 9.17) is 4.74 Å². The second kappa shape index (κ2) is 6.71. The fourth-order valence-corrected chi connectivity index (χ4v) is 1.44. The summed E-state index contributed by atoms with van der Waals surface area (Å²) in [5.41, 5.74) is -2.42. The maximum atomic E-state index is 12.6. The minimum Gasteiger partial charge on any atom is -0.471 e. The van der Waals surface area contributed by atoms with Crippen LogP contribution >= 0.6 is 0 Å². The zero-order valence-electron chi connectivity index (χ0n) is 12.3. The molecule has 1 aromatic heterocycles. The Bertz CT molecular complexity index is 532. The SMILES string of the molecule is CC(C)(C)OC(=O)NCCNC(=O)c1cocc1C(F)(F)F. The summed E-state index contributed by atoms with van der Waals surface area (Å²) >= 11 is 0. The number of amides is 2. The number of hydrogen-bond acceptors (Lipinski definition) is 4. The van der Waals surface area contributed by atoms with Crippen LogP contribution in [-0.2, 0) is 10.9 Å². The van der Waals surface area contributed by atoms with Crippen LogP contribution in [0.2, 0.25) is 0 Å². The van der Waals surface area contributed by atoms with Gasteiger partial charge >= 0.3 is 12.3 Å². The summed E-state index contributed by atoms with van der Waals surface area (Å²) in [7, 11) is 0. The number of carbonyl (C=O) groups is 2. The molecule has 2 N–H and O–H groups in total. The van der Waals surface area contributed by atoms with E-state index in [0.717, 1.165) is 6.26 Å². The maximum absolute atomic E-state index is 12.6. The summed E-state index contributed by atoms with van der Waals surface area (Å²) in [5, 5.41) is 4.61. The van der Waals surface area contributed by atoms with Crippen LogP contribution in [0.5, 0.6) is 0 Å². The summed E-state index contributed by atoms with van der Waals surface area (Å²) in [6.07, 6.45) is -4.16. The van der Waals surface area contributed by atoms with Gasteiger partial charge in [-0.05, 0) is 20.8 Å². The van der Waals surface area contributed by atoms with Crippen molar-refractivity contribution in [1.29, 1.82) is 0 Å². The van der Waals surface area contributed by atoms with Crippen LogP contribution in [0.1, 0.15) is 36.7 Å². The third kappa shape index (κ3) is 5.66. The van der Waals surface area contributed by atoms with Gasteiger partial charge in [0.05, 0.1) is 5.56 Å². The molecular formula is C13H17F3N2O4. The van der Waals surface area contributed by atoms with Crippen LogP contribution in [0.25, 0.3) is 0 Å². The van der Waals surface area contributed by atoms with Crippen molar-refractivity contribution in [3.05, 3.63) is 23.7 Å². The number of alkyl carbamates (subject to hydrolysis) is 1. The van der Waals surface area contributed by atoms with Crippen LogP contribution < -0.4 is 10.6 Å². The third-order valence-electron chi connectivity index (χ3n) is 2.29. The van der Waals surface area contributed by atoms with Gasteiger partial charge in [0.1, 0.15) is 23.7 Å². The fourth-order valence-electron chi connectivity index (χ4n) is 1.44. The highest BCUT2D eigenvalue weighted by Gasteiger charge is 2.37. The van der Waals surface area contributed by atoms with Gasteiger partial charge < -0.3 is 19.8 Å². The van der Waals surface area contributed by atoms with Crippen LogP contribution in [0.15, 0.2) is 16.9 Å². The Morgan fingerprint density at radius 3 is 2.27 bits per heavy atom. The van der Waals surface area contributed by atoms with Crippen molar-refractivity contribution < 1.29 is 31.9 Å². The van der Waals surface area contributed by atoms with Gasteiger partial charge in [0.2, 0.25) is 0 Å². The fraction of sp³-hybridized carbons (Fsp3) is 0.538. The van der Waals surface area contributed by atoms with Crippen molar-refractivity contribution >= 4 is 12.0 Å². The van der Waals surface area contributed by atoms with E-state index in [1.807, 2.05) is 0 Å². The van der Waals surface area contributed by atoms with E-state index in [1.54, 1.807) is 20.8 Å². The van der Waals surface area contributed by atoms with Crippen molar-refractivity contribution in [1.82, 2.24) is 10.6 Å². The molecule has 0 fully saturated rings. The molecule has 0 aliphatic rings. The summed E-state index contributed by atoms with van der Waals surface area (Å²) in [5.74, 6) is -0.938. The Labute approximate surface area is 125 Å². The molecule has 0 saturated carbocycles. The van der Waals surface area contributed by atoms with Gasteiger partial charge in [0.25, 0.3) is 5.91 Å². The van der Waals surface area contributed by atoms with Gasteiger partial charge in [0, 0.05) is 13.1 Å². The number of halogens is 3. The molecule has 6 nitrogen and oxygen atoms in total. The van der Waals surface area contributed by atoms with E-state index < -0.39 is 34.9 Å². The molecule has 0 unspecified atom stereocenters. The maximum Gasteiger partial charge on any atom is 0.420 e. The minimum atomic E-state index is -4.67. The third-order valence-corrected chi connectivity index (χ3v) is 2.29. The number of furan rings is 1. The lowest BCUT2D eigenvalue weighted by Crippen LogP contribution is -2.38. The highest BCUT2D eigenvalue weighted by Crippen LogP contribution is 2.32. The standard InChI is InChI=1S/C13H17F3N2O4/c1-12(2,3)22-11(20)18-5-4-17-10(19)8-6-21-7-9(8)13(14,15)16/h6-7H,4-5H2,1-3H3,(H,17,19)(H,18,20). The lowest BCUT2D eigenvalue weighted by atomic mass is 10.2. The number of rotatable bonds is 4. The van der Waals surface area contributed by atoms with Crippen molar-refractivity contribution in [3.63, 3.8) is 0 Å². The highest BCUT2D eigenvalue weighted by atomic mass is 19.4. The van der Waals surface area contributed by atoms with Crippen LogP contribution in [0, 0.1) is 0 Å². The summed E-state index contributed by atoms with van der Waals surface area (Å²) in [4.78, 5) is 22.9. The summed E-state index contributed by atoms with van der Waals surface area (Å²) < 4.78 is 47.1.